The third-order valence-electron chi connectivity index (χ3n) is 1.51. The molecular formula is C9H5Cl6NO4. The van der Waals surface area contributed by atoms with Gasteiger partial charge in [0.25, 0.3) is 7.59 Å². The Morgan fingerprint density at radius 1 is 1.00 bits per heavy atom. The van der Waals surface area contributed by atoms with Gasteiger partial charge in [0.1, 0.15) is 13.2 Å². The van der Waals surface area contributed by atoms with E-state index in [1.165, 1.54) is 0 Å². The van der Waals surface area contributed by atoms with Gasteiger partial charge in [-0.15, -0.1) is 0 Å². The molecular weight excluding hydrogens is 399 g/mol. The second-order valence-corrected chi connectivity index (χ2v) is 7.57. The van der Waals surface area contributed by atoms with E-state index in [0.29, 0.717) is 0 Å². The van der Waals surface area contributed by atoms with Gasteiger partial charge in [-0.05, 0) is 6.08 Å². The van der Waals surface area contributed by atoms with Gasteiger partial charge in [0.15, 0.2) is 0 Å². The molecule has 0 aromatic carbocycles. The monoisotopic (exact) mass is 401 g/mol. The van der Waals surface area contributed by atoms with E-state index in [4.69, 9.17) is 74.9 Å². The molecule has 0 saturated heterocycles. The number of ether oxygens (including phenoxy) is 2. The Balaban J connectivity index is 4.36. The first kappa shape index (κ1) is 19.9. The van der Waals surface area contributed by atoms with Crippen LogP contribution >= 0.6 is 69.6 Å². The first-order valence-corrected chi connectivity index (χ1v) is 6.82. The maximum Gasteiger partial charge on any atom is 0.358 e. The normalized spacial score (nSPS) is 12.6. The van der Waals surface area contributed by atoms with Crippen LogP contribution in [0, 0.1) is 11.3 Å². The van der Waals surface area contributed by atoms with Gasteiger partial charge in [0.05, 0.1) is 11.6 Å². The maximum absolute atomic E-state index is 11.1. The molecule has 0 atom stereocenters. The zero-order chi connectivity index (χ0) is 16.0. The number of hydrogen-bond acceptors (Lipinski definition) is 5. The average molecular weight is 404 g/mol. The minimum absolute atomic E-state index is 0.0512. The molecule has 0 N–H and O–H groups in total. The molecule has 5 nitrogen and oxygen atoms in total. The van der Waals surface area contributed by atoms with E-state index in [0.717, 1.165) is 6.08 Å². The van der Waals surface area contributed by atoms with E-state index in [1.807, 2.05) is 0 Å². The summed E-state index contributed by atoms with van der Waals surface area (Å²) in [7, 11) is 0. The fraction of sp³-hybridized carbons (Fsp3) is 0.444. The van der Waals surface area contributed by atoms with Gasteiger partial charge in [-0.1, -0.05) is 69.6 Å². The lowest BCUT2D eigenvalue weighted by Gasteiger charge is -2.10. The summed E-state index contributed by atoms with van der Waals surface area (Å²) in [5, 5.41) is 8.74. The van der Waals surface area contributed by atoms with Gasteiger partial charge >= 0.3 is 11.9 Å². The molecule has 0 aliphatic carbocycles. The lowest BCUT2D eigenvalue weighted by molar-refractivity contribution is -0.142. The van der Waals surface area contributed by atoms with Crippen molar-refractivity contribution in [3.8, 4) is 6.07 Å². The summed E-state index contributed by atoms with van der Waals surface area (Å²) >= 11 is 31.5. The summed E-state index contributed by atoms with van der Waals surface area (Å²) in [4.78, 5) is 22.2. The average Bonchev–Trinajstić information content (AvgIpc) is 2.30. The smallest absolute Gasteiger partial charge is 0.358 e. The summed E-state index contributed by atoms with van der Waals surface area (Å²) in [5.41, 5.74) is -0.0512. The summed E-state index contributed by atoms with van der Waals surface area (Å²) in [5.74, 6) is -2.27. The minimum atomic E-state index is -2.25. The highest BCUT2D eigenvalue weighted by molar-refractivity contribution is 6.76. The molecule has 0 aromatic rings. The van der Waals surface area contributed by atoms with Crippen LogP contribution in [0.25, 0.3) is 0 Å². The van der Waals surface area contributed by atoms with Gasteiger partial charge in [0, 0.05) is 0 Å². The number of alkyl halides is 6. The Labute approximate surface area is 144 Å². The van der Waals surface area contributed by atoms with Crippen LogP contribution in [0.2, 0.25) is 0 Å². The quantitative estimate of drug-likeness (QED) is 0.409. The molecule has 0 rings (SSSR count). The highest BCUT2D eigenvalue weighted by Crippen LogP contribution is 2.28. The summed E-state index contributed by atoms with van der Waals surface area (Å²) in [6.45, 7) is -0.824. The fourth-order valence-electron chi connectivity index (χ4n) is 0.662. The van der Waals surface area contributed by atoms with E-state index in [9.17, 15) is 9.59 Å². The molecule has 0 aliphatic rings. The molecule has 0 bridgehead atoms. The molecule has 0 radical (unpaired) electrons. The minimum Gasteiger partial charge on any atom is -0.458 e. The van der Waals surface area contributed by atoms with Crippen molar-refractivity contribution in [1.29, 1.82) is 5.26 Å². The van der Waals surface area contributed by atoms with Gasteiger partial charge in [-0.25, -0.2) is 9.59 Å². The number of nitriles is 1. The number of nitrogens with zero attached hydrogens (tertiary/aromatic N) is 1. The highest BCUT2D eigenvalue weighted by atomic mass is 35.6. The molecule has 0 amide bonds. The molecule has 0 saturated carbocycles. The molecule has 0 spiro atoms. The third kappa shape index (κ3) is 8.25. The maximum atomic E-state index is 11.1. The fourth-order valence-corrected chi connectivity index (χ4v) is 0.989. The summed E-state index contributed by atoms with van der Waals surface area (Å²) in [6.07, 6.45) is 1.14. The number of carbonyl (C=O) groups excluding carboxylic acids is 2. The molecule has 0 heterocycles. The van der Waals surface area contributed by atoms with Crippen molar-refractivity contribution in [2.75, 3.05) is 13.2 Å². The number of halogens is 6. The van der Waals surface area contributed by atoms with Crippen LogP contribution in [0.3, 0.4) is 0 Å². The molecule has 0 unspecified atom stereocenters. The van der Waals surface area contributed by atoms with E-state index in [1.54, 1.807) is 6.07 Å². The van der Waals surface area contributed by atoms with Gasteiger partial charge < -0.3 is 9.47 Å². The van der Waals surface area contributed by atoms with Crippen LogP contribution in [0.15, 0.2) is 11.6 Å². The standard InChI is InChI=1S/C9H5Cl6NO4/c10-8(11,12)6(17)19-2-1-5(3-16)4-20-7(18)9(13,14)15/h1H,2,4H2/b5-1+. The molecule has 0 aliphatic heterocycles. The van der Waals surface area contributed by atoms with E-state index < -0.39 is 26.1 Å². The van der Waals surface area contributed by atoms with Crippen LogP contribution in [0.4, 0.5) is 0 Å². The first-order valence-electron chi connectivity index (χ1n) is 4.55. The highest BCUT2D eigenvalue weighted by Gasteiger charge is 2.33. The number of carbonyl (C=O) groups is 2. The third-order valence-corrected chi connectivity index (χ3v) is 2.44. The zero-order valence-electron chi connectivity index (χ0n) is 9.34. The molecule has 20 heavy (non-hydrogen) atoms. The van der Waals surface area contributed by atoms with Crippen LogP contribution in [0.5, 0.6) is 0 Å². The van der Waals surface area contributed by atoms with Crippen molar-refractivity contribution in [3.63, 3.8) is 0 Å². The lowest BCUT2D eigenvalue weighted by atomic mass is 10.3. The molecule has 0 fully saturated rings. The van der Waals surface area contributed by atoms with Crippen molar-refractivity contribution in [2.24, 2.45) is 0 Å². The Morgan fingerprint density at radius 3 is 1.85 bits per heavy atom. The second-order valence-electron chi connectivity index (χ2n) is 3.01. The van der Waals surface area contributed by atoms with Gasteiger partial charge in [-0.2, -0.15) is 5.26 Å². The topological polar surface area (TPSA) is 76.4 Å². The number of rotatable bonds is 4. The molecule has 11 heteroatoms. The Kier molecular flexibility index (Phi) is 8.34. The molecule has 0 aromatic heterocycles. The first-order chi connectivity index (χ1) is 8.98. The summed E-state index contributed by atoms with van der Waals surface area (Å²) in [6, 6.07) is 1.69. The van der Waals surface area contributed by atoms with Crippen LogP contribution in [-0.4, -0.2) is 32.7 Å². The lowest BCUT2D eigenvalue weighted by Crippen LogP contribution is -2.23. The summed E-state index contributed by atoms with van der Waals surface area (Å²) < 4.78 is 4.60. The van der Waals surface area contributed by atoms with E-state index in [2.05, 4.69) is 9.47 Å². The van der Waals surface area contributed by atoms with Crippen molar-refractivity contribution < 1.29 is 19.1 Å². The predicted octanol–water partition coefficient (Wildman–Crippen LogP) is 3.26. The van der Waals surface area contributed by atoms with Gasteiger partial charge in [-0.3, -0.25) is 0 Å². The largest absolute Gasteiger partial charge is 0.458 e. The Hall–Kier alpha value is -0.0900. The zero-order valence-corrected chi connectivity index (χ0v) is 13.9. The van der Waals surface area contributed by atoms with Crippen LogP contribution < -0.4 is 0 Å². The molecule has 112 valence electrons. The van der Waals surface area contributed by atoms with Crippen molar-refractivity contribution in [1.82, 2.24) is 0 Å². The van der Waals surface area contributed by atoms with E-state index in [-0.39, 0.29) is 12.2 Å². The predicted molar refractivity (Wildman–Crippen MR) is 76.2 cm³/mol. The Bertz CT molecular complexity index is 445. The van der Waals surface area contributed by atoms with Crippen molar-refractivity contribution in [2.45, 2.75) is 7.59 Å². The van der Waals surface area contributed by atoms with Crippen molar-refractivity contribution >= 4 is 81.5 Å². The second kappa shape index (κ2) is 8.38. The van der Waals surface area contributed by atoms with Crippen LogP contribution in [0.1, 0.15) is 0 Å². The van der Waals surface area contributed by atoms with Gasteiger partial charge in [0.2, 0.25) is 0 Å². The SMILES string of the molecule is N#C/C(=C\COC(=O)C(Cl)(Cl)Cl)COC(=O)C(Cl)(Cl)Cl. The number of hydrogen-bond donors (Lipinski definition) is 0. The van der Waals surface area contributed by atoms with Crippen LogP contribution in [-0.2, 0) is 19.1 Å². The Morgan fingerprint density at radius 2 is 1.45 bits per heavy atom. The number of esters is 2. The van der Waals surface area contributed by atoms with Crippen molar-refractivity contribution in [3.05, 3.63) is 11.6 Å². The van der Waals surface area contributed by atoms with E-state index >= 15 is 0 Å².